The molecule has 2 aromatic heterocycles. The maximum absolute atomic E-state index is 13.1. The second kappa shape index (κ2) is 6.02. The highest BCUT2D eigenvalue weighted by Gasteiger charge is 2.34. The van der Waals surface area contributed by atoms with E-state index in [0.717, 1.165) is 36.7 Å². The molecule has 0 unspecified atom stereocenters. The third-order valence-corrected chi connectivity index (χ3v) is 3.46. The van der Waals surface area contributed by atoms with Crippen LogP contribution in [0.5, 0.6) is 11.5 Å². The number of nitrogens with zero attached hydrogens (tertiary/aromatic N) is 3. The molecule has 0 bridgehead atoms. The fourth-order valence-electron chi connectivity index (χ4n) is 2.27. The lowest BCUT2D eigenvalue weighted by molar-refractivity contribution is -0.385. The van der Waals surface area contributed by atoms with Crippen molar-refractivity contribution in [2.75, 3.05) is 0 Å². The van der Waals surface area contributed by atoms with Crippen LogP contribution in [0.15, 0.2) is 41.2 Å². The van der Waals surface area contributed by atoms with Crippen molar-refractivity contribution in [3.05, 3.63) is 52.3 Å². The molecule has 0 aliphatic rings. The first kappa shape index (κ1) is 17.2. The first-order valence-electron chi connectivity index (χ1n) is 6.87. The molecule has 0 saturated carbocycles. The predicted molar refractivity (Wildman–Crippen MR) is 80.2 cm³/mol. The number of aromatic nitrogens is 2. The zero-order valence-corrected chi connectivity index (χ0v) is 12.6. The van der Waals surface area contributed by atoms with Crippen LogP contribution in [0.3, 0.4) is 0 Å². The second-order valence-electron chi connectivity index (χ2n) is 5.12. The minimum atomic E-state index is -4.65. The highest BCUT2D eigenvalue weighted by Crippen LogP contribution is 2.41. The summed E-state index contributed by atoms with van der Waals surface area (Å²) in [6.07, 6.45) is -2.73. The number of hydrogen-bond donors (Lipinski definition) is 2. The summed E-state index contributed by atoms with van der Waals surface area (Å²) in [5.41, 5.74) is -2.25. The minimum Gasteiger partial charge on any atom is -0.504 e. The van der Waals surface area contributed by atoms with Crippen LogP contribution < -0.4 is 0 Å². The molecular weight excluding hydrogens is 359 g/mol. The molecule has 3 aromatic rings. The number of nitro groups is 1. The first-order chi connectivity index (χ1) is 12.2. The molecule has 0 atom stereocenters. The minimum absolute atomic E-state index is 0.0283. The van der Waals surface area contributed by atoms with Gasteiger partial charge in [0.1, 0.15) is 5.69 Å². The topological polar surface area (TPSA) is 123 Å². The molecule has 0 saturated heterocycles. The Morgan fingerprint density at radius 2 is 1.92 bits per heavy atom. The molecule has 0 aliphatic heterocycles. The Morgan fingerprint density at radius 3 is 2.58 bits per heavy atom. The van der Waals surface area contributed by atoms with Crippen LogP contribution in [0.4, 0.5) is 18.9 Å². The van der Waals surface area contributed by atoms with Gasteiger partial charge in [0, 0.05) is 30.1 Å². The number of rotatable bonds is 3. The van der Waals surface area contributed by atoms with Gasteiger partial charge in [0.15, 0.2) is 11.5 Å². The molecule has 0 amide bonds. The van der Waals surface area contributed by atoms with Crippen molar-refractivity contribution >= 4 is 5.69 Å². The van der Waals surface area contributed by atoms with E-state index < -0.39 is 33.8 Å². The summed E-state index contributed by atoms with van der Waals surface area (Å²) < 4.78 is 44.1. The standard InChI is InChI=1S/C15H8F3N3O5/c16-15(17,18)9-1-2-19-6-8(9)13-5-10(20-26-13)7-3-11(21(24)25)14(23)12(22)4-7/h1-6,22-23H. The van der Waals surface area contributed by atoms with Crippen LogP contribution in [0.25, 0.3) is 22.6 Å². The Kier molecular flexibility index (Phi) is 3.98. The molecule has 2 N–H and O–H groups in total. The molecule has 8 nitrogen and oxygen atoms in total. The molecule has 26 heavy (non-hydrogen) atoms. The molecule has 3 rings (SSSR count). The lowest BCUT2D eigenvalue weighted by Crippen LogP contribution is -2.07. The number of halogens is 3. The van der Waals surface area contributed by atoms with Crippen molar-refractivity contribution in [2.24, 2.45) is 0 Å². The number of hydrogen-bond acceptors (Lipinski definition) is 7. The van der Waals surface area contributed by atoms with E-state index in [1.54, 1.807) is 0 Å². The number of alkyl halides is 3. The molecule has 0 aliphatic carbocycles. The Hall–Kier alpha value is -3.63. The van der Waals surface area contributed by atoms with Gasteiger partial charge >= 0.3 is 11.9 Å². The largest absolute Gasteiger partial charge is 0.504 e. The number of phenols is 2. The molecule has 0 radical (unpaired) electrons. The quantitative estimate of drug-likeness (QED) is 0.411. The average Bonchev–Trinajstić information content (AvgIpc) is 3.06. The van der Waals surface area contributed by atoms with Crippen molar-refractivity contribution in [1.82, 2.24) is 10.1 Å². The Morgan fingerprint density at radius 1 is 1.19 bits per heavy atom. The zero-order chi connectivity index (χ0) is 19.1. The normalized spacial score (nSPS) is 11.5. The van der Waals surface area contributed by atoms with Gasteiger partial charge < -0.3 is 14.7 Å². The van der Waals surface area contributed by atoms with Gasteiger partial charge in [0.2, 0.25) is 5.75 Å². The van der Waals surface area contributed by atoms with Crippen LogP contribution in [0.2, 0.25) is 0 Å². The van der Waals surface area contributed by atoms with Crippen molar-refractivity contribution in [1.29, 1.82) is 0 Å². The SMILES string of the molecule is O=[N+]([O-])c1cc(-c2cc(-c3cnccc3C(F)(F)F)on2)cc(O)c1O. The molecule has 11 heteroatoms. The van der Waals surface area contributed by atoms with Gasteiger partial charge in [-0.05, 0) is 12.1 Å². The Bertz CT molecular complexity index is 1000. The van der Waals surface area contributed by atoms with E-state index in [1.165, 1.54) is 0 Å². The fourth-order valence-corrected chi connectivity index (χ4v) is 2.27. The summed E-state index contributed by atoms with van der Waals surface area (Å²) in [4.78, 5) is 13.6. The third kappa shape index (κ3) is 3.01. The van der Waals surface area contributed by atoms with Gasteiger partial charge in [-0.3, -0.25) is 15.1 Å². The van der Waals surface area contributed by atoms with Crippen molar-refractivity contribution in [2.45, 2.75) is 6.18 Å². The lowest BCUT2D eigenvalue weighted by Gasteiger charge is -2.09. The van der Waals surface area contributed by atoms with E-state index >= 15 is 0 Å². The fraction of sp³-hybridized carbons (Fsp3) is 0.0667. The number of pyridine rings is 1. The van der Waals surface area contributed by atoms with Gasteiger partial charge in [-0.2, -0.15) is 13.2 Å². The third-order valence-electron chi connectivity index (χ3n) is 3.46. The summed E-state index contributed by atoms with van der Waals surface area (Å²) >= 11 is 0. The van der Waals surface area contributed by atoms with E-state index in [2.05, 4.69) is 10.1 Å². The van der Waals surface area contributed by atoms with Crippen LogP contribution >= 0.6 is 0 Å². The van der Waals surface area contributed by atoms with Gasteiger partial charge in [-0.1, -0.05) is 5.16 Å². The summed E-state index contributed by atoms with van der Waals surface area (Å²) in [5.74, 6) is -1.99. The van der Waals surface area contributed by atoms with Crippen molar-refractivity contribution < 1.29 is 32.8 Å². The van der Waals surface area contributed by atoms with Gasteiger partial charge in [-0.15, -0.1) is 0 Å². The maximum atomic E-state index is 13.1. The van der Waals surface area contributed by atoms with Crippen molar-refractivity contribution in [3.63, 3.8) is 0 Å². The number of aromatic hydroxyl groups is 2. The van der Waals surface area contributed by atoms with E-state index in [9.17, 15) is 33.5 Å². The lowest BCUT2D eigenvalue weighted by atomic mass is 10.1. The summed E-state index contributed by atoms with van der Waals surface area (Å²) in [6.45, 7) is 0. The van der Waals surface area contributed by atoms with E-state index in [-0.39, 0.29) is 22.6 Å². The average molecular weight is 367 g/mol. The maximum Gasteiger partial charge on any atom is 0.417 e. The number of phenolic OH excluding ortho intramolecular Hbond substituents is 2. The second-order valence-corrected chi connectivity index (χ2v) is 5.12. The zero-order valence-electron chi connectivity index (χ0n) is 12.6. The van der Waals surface area contributed by atoms with Crippen LogP contribution in [-0.4, -0.2) is 25.3 Å². The molecule has 0 spiro atoms. The first-order valence-corrected chi connectivity index (χ1v) is 6.87. The predicted octanol–water partition coefficient (Wildman–Crippen LogP) is 3.74. The number of benzene rings is 1. The number of nitro benzene ring substituents is 1. The van der Waals surface area contributed by atoms with E-state index in [0.29, 0.717) is 0 Å². The van der Waals surface area contributed by atoms with Crippen LogP contribution in [0, 0.1) is 10.1 Å². The van der Waals surface area contributed by atoms with Crippen LogP contribution in [0.1, 0.15) is 5.56 Å². The van der Waals surface area contributed by atoms with Crippen molar-refractivity contribution in [3.8, 4) is 34.1 Å². The summed E-state index contributed by atoms with van der Waals surface area (Å²) in [5, 5.41) is 33.5. The summed E-state index contributed by atoms with van der Waals surface area (Å²) in [6, 6.07) is 3.76. The molecular formula is C15H8F3N3O5. The highest BCUT2D eigenvalue weighted by molar-refractivity contribution is 5.73. The Labute approximate surface area is 142 Å². The van der Waals surface area contributed by atoms with Crippen LogP contribution in [-0.2, 0) is 6.18 Å². The van der Waals surface area contributed by atoms with E-state index in [4.69, 9.17) is 4.52 Å². The monoisotopic (exact) mass is 367 g/mol. The van der Waals surface area contributed by atoms with E-state index in [1.807, 2.05) is 0 Å². The summed E-state index contributed by atoms with van der Waals surface area (Å²) in [7, 11) is 0. The molecule has 134 valence electrons. The molecule has 2 heterocycles. The Balaban J connectivity index is 2.09. The van der Waals surface area contributed by atoms with Gasteiger partial charge in [0.25, 0.3) is 0 Å². The smallest absolute Gasteiger partial charge is 0.417 e. The van der Waals surface area contributed by atoms with Gasteiger partial charge in [0.05, 0.1) is 16.1 Å². The van der Waals surface area contributed by atoms with Gasteiger partial charge in [-0.25, -0.2) is 0 Å². The highest BCUT2D eigenvalue weighted by atomic mass is 19.4. The molecule has 0 fully saturated rings. The molecule has 1 aromatic carbocycles.